The summed E-state index contributed by atoms with van der Waals surface area (Å²) in [5, 5.41) is 1.10. The van der Waals surface area contributed by atoms with Gasteiger partial charge in [-0.2, -0.15) is 0 Å². The third-order valence-corrected chi connectivity index (χ3v) is 3.70. The Morgan fingerprint density at radius 3 is 2.80 bits per heavy atom. The SMILES string of the molecule is O=C(/C=C/c1cnc2ccccc2c1)N1CCCCC1. The van der Waals surface area contributed by atoms with Crippen LogP contribution in [-0.2, 0) is 4.79 Å². The third-order valence-electron chi connectivity index (χ3n) is 3.70. The first-order chi connectivity index (χ1) is 9.83. The molecule has 0 spiro atoms. The summed E-state index contributed by atoms with van der Waals surface area (Å²) in [6.07, 6.45) is 8.81. The van der Waals surface area contributed by atoms with Gasteiger partial charge in [0.2, 0.25) is 5.91 Å². The Morgan fingerprint density at radius 1 is 1.15 bits per heavy atom. The normalized spacial score (nSPS) is 15.9. The zero-order chi connectivity index (χ0) is 13.8. The van der Waals surface area contributed by atoms with Crippen molar-refractivity contribution in [3.63, 3.8) is 0 Å². The van der Waals surface area contributed by atoms with Crippen molar-refractivity contribution in [2.45, 2.75) is 19.3 Å². The summed E-state index contributed by atoms with van der Waals surface area (Å²) < 4.78 is 0. The highest BCUT2D eigenvalue weighted by molar-refractivity contribution is 5.92. The summed E-state index contributed by atoms with van der Waals surface area (Å²) in [4.78, 5) is 18.4. The van der Waals surface area contributed by atoms with Crippen LogP contribution in [0, 0.1) is 0 Å². The zero-order valence-electron chi connectivity index (χ0n) is 11.5. The molecule has 102 valence electrons. The van der Waals surface area contributed by atoms with Gasteiger partial charge in [-0.25, -0.2) is 0 Å². The smallest absolute Gasteiger partial charge is 0.246 e. The van der Waals surface area contributed by atoms with E-state index in [1.54, 1.807) is 6.08 Å². The predicted molar refractivity (Wildman–Crippen MR) is 81.2 cm³/mol. The lowest BCUT2D eigenvalue weighted by atomic mass is 10.1. The van der Waals surface area contributed by atoms with Gasteiger partial charge < -0.3 is 4.90 Å². The summed E-state index contributed by atoms with van der Waals surface area (Å²) in [5.41, 5.74) is 1.95. The largest absolute Gasteiger partial charge is 0.339 e. The van der Waals surface area contributed by atoms with E-state index in [1.807, 2.05) is 41.4 Å². The van der Waals surface area contributed by atoms with Gasteiger partial charge >= 0.3 is 0 Å². The van der Waals surface area contributed by atoms with Crippen LogP contribution in [0.4, 0.5) is 0 Å². The van der Waals surface area contributed by atoms with Crippen molar-refractivity contribution in [3.8, 4) is 0 Å². The molecular formula is C17H18N2O. The van der Waals surface area contributed by atoms with Crippen molar-refractivity contribution in [1.29, 1.82) is 0 Å². The van der Waals surface area contributed by atoms with E-state index in [4.69, 9.17) is 0 Å². The van der Waals surface area contributed by atoms with E-state index in [1.165, 1.54) is 6.42 Å². The van der Waals surface area contributed by atoms with Crippen molar-refractivity contribution in [1.82, 2.24) is 9.88 Å². The van der Waals surface area contributed by atoms with Gasteiger partial charge in [0.1, 0.15) is 0 Å². The van der Waals surface area contributed by atoms with Gasteiger partial charge in [0.25, 0.3) is 0 Å². The molecule has 1 aliphatic heterocycles. The Hall–Kier alpha value is -2.16. The van der Waals surface area contributed by atoms with Crippen molar-refractivity contribution in [3.05, 3.63) is 48.2 Å². The molecule has 0 unspecified atom stereocenters. The molecule has 1 saturated heterocycles. The van der Waals surface area contributed by atoms with E-state index < -0.39 is 0 Å². The number of pyridine rings is 1. The maximum Gasteiger partial charge on any atom is 0.246 e. The topological polar surface area (TPSA) is 33.2 Å². The molecule has 2 heterocycles. The number of benzene rings is 1. The van der Waals surface area contributed by atoms with E-state index in [-0.39, 0.29) is 5.91 Å². The molecule has 1 amide bonds. The number of rotatable bonds is 2. The second kappa shape index (κ2) is 5.87. The first kappa shape index (κ1) is 12.9. The van der Waals surface area contributed by atoms with Gasteiger partial charge in [-0.15, -0.1) is 0 Å². The van der Waals surface area contributed by atoms with Gasteiger partial charge in [0, 0.05) is 30.7 Å². The number of carbonyl (C=O) groups excluding carboxylic acids is 1. The number of hydrogen-bond acceptors (Lipinski definition) is 2. The van der Waals surface area contributed by atoms with E-state index >= 15 is 0 Å². The number of para-hydroxylation sites is 1. The Labute approximate surface area is 118 Å². The molecule has 0 aliphatic carbocycles. The molecule has 1 fully saturated rings. The third kappa shape index (κ3) is 2.87. The van der Waals surface area contributed by atoms with Gasteiger partial charge in [-0.1, -0.05) is 18.2 Å². The van der Waals surface area contributed by atoms with E-state index in [0.29, 0.717) is 0 Å². The minimum atomic E-state index is 0.109. The zero-order valence-corrected chi connectivity index (χ0v) is 11.5. The molecule has 1 aliphatic rings. The molecule has 3 nitrogen and oxygen atoms in total. The Kier molecular flexibility index (Phi) is 3.77. The van der Waals surface area contributed by atoms with Crippen molar-refractivity contribution in [2.24, 2.45) is 0 Å². The number of nitrogens with zero attached hydrogens (tertiary/aromatic N) is 2. The maximum absolute atomic E-state index is 12.1. The fourth-order valence-corrected chi connectivity index (χ4v) is 2.57. The molecule has 3 rings (SSSR count). The second-order valence-electron chi connectivity index (χ2n) is 5.18. The highest BCUT2D eigenvalue weighted by atomic mass is 16.2. The van der Waals surface area contributed by atoms with Crippen molar-refractivity contribution in [2.75, 3.05) is 13.1 Å². The van der Waals surface area contributed by atoms with Crippen molar-refractivity contribution >= 4 is 22.9 Å². The van der Waals surface area contributed by atoms with E-state index in [2.05, 4.69) is 11.1 Å². The molecule has 2 aromatic rings. The van der Waals surface area contributed by atoms with Crippen LogP contribution in [0.3, 0.4) is 0 Å². The Balaban J connectivity index is 1.74. The number of aromatic nitrogens is 1. The minimum absolute atomic E-state index is 0.109. The fourth-order valence-electron chi connectivity index (χ4n) is 2.57. The van der Waals surface area contributed by atoms with Crippen LogP contribution in [0.5, 0.6) is 0 Å². The number of hydrogen-bond donors (Lipinski definition) is 0. The minimum Gasteiger partial charge on any atom is -0.339 e. The summed E-state index contributed by atoms with van der Waals surface area (Å²) >= 11 is 0. The first-order valence-corrected chi connectivity index (χ1v) is 7.15. The molecule has 0 atom stereocenters. The predicted octanol–water partition coefficient (Wildman–Crippen LogP) is 3.26. The lowest BCUT2D eigenvalue weighted by Crippen LogP contribution is -2.34. The summed E-state index contributed by atoms with van der Waals surface area (Å²) in [6.45, 7) is 1.78. The van der Waals surface area contributed by atoms with E-state index in [0.717, 1.165) is 42.4 Å². The van der Waals surface area contributed by atoms with Crippen LogP contribution in [0.2, 0.25) is 0 Å². The average molecular weight is 266 g/mol. The Bertz CT molecular complexity index is 642. The van der Waals surface area contributed by atoms with Crippen LogP contribution in [-0.4, -0.2) is 28.9 Å². The first-order valence-electron chi connectivity index (χ1n) is 7.15. The molecule has 0 saturated carbocycles. The molecule has 1 aromatic heterocycles. The molecule has 20 heavy (non-hydrogen) atoms. The van der Waals surface area contributed by atoms with Gasteiger partial charge in [-0.05, 0) is 43.0 Å². The second-order valence-corrected chi connectivity index (χ2v) is 5.18. The number of carbonyl (C=O) groups is 1. The molecule has 1 aromatic carbocycles. The number of fused-ring (bicyclic) bond motifs is 1. The Morgan fingerprint density at radius 2 is 1.95 bits per heavy atom. The van der Waals surface area contributed by atoms with Crippen LogP contribution in [0.25, 0.3) is 17.0 Å². The van der Waals surface area contributed by atoms with Gasteiger partial charge in [0.05, 0.1) is 5.52 Å². The lowest BCUT2D eigenvalue weighted by Gasteiger charge is -2.25. The van der Waals surface area contributed by atoms with Crippen LogP contribution < -0.4 is 0 Å². The van der Waals surface area contributed by atoms with Crippen LogP contribution in [0.15, 0.2) is 42.6 Å². The summed E-state index contributed by atoms with van der Waals surface area (Å²) in [7, 11) is 0. The molecular weight excluding hydrogens is 248 g/mol. The summed E-state index contributed by atoms with van der Waals surface area (Å²) in [5.74, 6) is 0.109. The molecule has 3 heteroatoms. The van der Waals surface area contributed by atoms with Crippen molar-refractivity contribution < 1.29 is 4.79 Å². The highest BCUT2D eigenvalue weighted by Gasteiger charge is 2.13. The monoisotopic (exact) mass is 266 g/mol. The summed E-state index contributed by atoms with van der Waals surface area (Å²) in [6, 6.07) is 10.1. The molecule has 0 N–H and O–H groups in total. The van der Waals surface area contributed by atoms with E-state index in [9.17, 15) is 4.79 Å². The molecule has 0 bridgehead atoms. The van der Waals surface area contributed by atoms with Gasteiger partial charge in [-0.3, -0.25) is 9.78 Å². The highest BCUT2D eigenvalue weighted by Crippen LogP contribution is 2.14. The quantitative estimate of drug-likeness (QED) is 0.782. The fraction of sp³-hybridized carbons (Fsp3) is 0.294. The number of likely N-dealkylation sites (tertiary alicyclic amines) is 1. The number of piperidine rings is 1. The molecule has 0 radical (unpaired) electrons. The maximum atomic E-state index is 12.1. The lowest BCUT2D eigenvalue weighted by molar-refractivity contribution is -0.126. The van der Waals surface area contributed by atoms with Crippen LogP contribution in [0.1, 0.15) is 24.8 Å². The standard InChI is InChI=1S/C17H18N2O/c20-17(19-10-4-1-5-11-19)9-8-14-12-15-6-2-3-7-16(15)18-13-14/h2-3,6-9,12-13H,1,4-5,10-11H2/b9-8+. The van der Waals surface area contributed by atoms with Crippen LogP contribution >= 0.6 is 0 Å². The average Bonchev–Trinajstić information content (AvgIpc) is 2.53. The number of amides is 1. The van der Waals surface area contributed by atoms with Gasteiger partial charge in [0.15, 0.2) is 0 Å².